The minimum absolute atomic E-state index is 0.212. The Hall–Kier alpha value is -1.86. The monoisotopic (exact) mass is 286 g/mol. The number of hydrogen-bond donors (Lipinski definition) is 2. The molecule has 0 radical (unpaired) electrons. The average Bonchev–Trinajstić information content (AvgIpc) is 3.36. The first kappa shape index (κ1) is 14.1. The summed E-state index contributed by atoms with van der Waals surface area (Å²) in [6.45, 7) is 0.903. The maximum atomic E-state index is 13.4. The van der Waals surface area contributed by atoms with Crippen LogP contribution in [0, 0.1) is 29.0 Å². The highest BCUT2D eigenvalue weighted by Crippen LogP contribution is 2.60. The van der Waals surface area contributed by atoms with Crippen LogP contribution >= 0.6 is 0 Å². The largest absolute Gasteiger partial charge is 0.351 e. The van der Waals surface area contributed by atoms with E-state index in [1.54, 1.807) is 0 Å². The van der Waals surface area contributed by atoms with Crippen LogP contribution < -0.4 is 11.1 Å². The molecule has 2 aliphatic rings. The SMILES string of the molecule is NCC#Cc1ccc(F)cc1C(=O)NCC1(C2CC2)CC1. The lowest BCUT2D eigenvalue weighted by Gasteiger charge is -2.15. The third-order valence-electron chi connectivity index (χ3n) is 4.49. The molecule has 0 aromatic heterocycles. The van der Waals surface area contributed by atoms with Gasteiger partial charge in [0.15, 0.2) is 0 Å². The second-order valence-electron chi connectivity index (χ2n) is 6.02. The molecule has 0 spiro atoms. The molecule has 1 aromatic rings. The Balaban J connectivity index is 1.72. The van der Waals surface area contributed by atoms with Gasteiger partial charge >= 0.3 is 0 Å². The number of hydrogen-bond acceptors (Lipinski definition) is 2. The minimum Gasteiger partial charge on any atom is -0.351 e. The molecule has 0 unspecified atom stereocenters. The summed E-state index contributed by atoms with van der Waals surface area (Å²) in [5.41, 5.74) is 6.49. The fraction of sp³-hybridized carbons (Fsp3) is 0.471. The highest BCUT2D eigenvalue weighted by Gasteiger charge is 2.53. The summed E-state index contributed by atoms with van der Waals surface area (Å²) < 4.78 is 13.4. The van der Waals surface area contributed by atoms with E-state index in [4.69, 9.17) is 5.73 Å². The van der Waals surface area contributed by atoms with Gasteiger partial charge in [-0.2, -0.15) is 0 Å². The molecule has 0 bridgehead atoms. The fourth-order valence-corrected chi connectivity index (χ4v) is 2.90. The van der Waals surface area contributed by atoms with Crippen LogP contribution in [0.2, 0.25) is 0 Å². The molecule has 1 amide bonds. The molecule has 110 valence electrons. The maximum absolute atomic E-state index is 13.4. The fourth-order valence-electron chi connectivity index (χ4n) is 2.90. The first-order valence-corrected chi connectivity index (χ1v) is 7.41. The number of carbonyl (C=O) groups excluding carboxylic acids is 1. The maximum Gasteiger partial charge on any atom is 0.252 e. The third kappa shape index (κ3) is 3.08. The normalized spacial score (nSPS) is 18.6. The second-order valence-corrected chi connectivity index (χ2v) is 6.02. The first-order chi connectivity index (χ1) is 10.1. The van der Waals surface area contributed by atoms with E-state index in [1.165, 1.54) is 43.9 Å². The molecular weight excluding hydrogens is 267 g/mol. The quantitative estimate of drug-likeness (QED) is 0.832. The lowest BCUT2D eigenvalue weighted by molar-refractivity contribution is 0.0942. The van der Waals surface area contributed by atoms with E-state index in [-0.39, 0.29) is 12.5 Å². The van der Waals surface area contributed by atoms with Crippen LogP contribution in [-0.4, -0.2) is 19.0 Å². The van der Waals surface area contributed by atoms with Crippen LogP contribution in [0.1, 0.15) is 41.6 Å². The molecule has 3 nitrogen and oxygen atoms in total. The van der Waals surface area contributed by atoms with E-state index in [1.807, 2.05) is 0 Å². The summed E-state index contributed by atoms with van der Waals surface area (Å²) >= 11 is 0. The van der Waals surface area contributed by atoms with Crippen LogP contribution in [-0.2, 0) is 0 Å². The van der Waals surface area contributed by atoms with Crippen molar-refractivity contribution < 1.29 is 9.18 Å². The number of amides is 1. The van der Waals surface area contributed by atoms with Gasteiger partial charge in [-0.3, -0.25) is 4.79 Å². The Labute approximate surface area is 124 Å². The van der Waals surface area contributed by atoms with Crippen LogP contribution in [0.3, 0.4) is 0 Å². The van der Waals surface area contributed by atoms with Crippen molar-refractivity contribution in [2.45, 2.75) is 25.7 Å². The van der Waals surface area contributed by atoms with Gasteiger partial charge < -0.3 is 11.1 Å². The highest BCUT2D eigenvalue weighted by molar-refractivity contribution is 5.96. The van der Waals surface area contributed by atoms with Gasteiger partial charge in [-0.25, -0.2) is 4.39 Å². The van der Waals surface area contributed by atoms with E-state index in [2.05, 4.69) is 17.2 Å². The van der Waals surface area contributed by atoms with Crippen molar-refractivity contribution >= 4 is 5.91 Å². The van der Waals surface area contributed by atoms with Crippen LogP contribution in [0.5, 0.6) is 0 Å². The van der Waals surface area contributed by atoms with Crippen LogP contribution in [0.25, 0.3) is 0 Å². The predicted molar refractivity (Wildman–Crippen MR) is 79.1 cm³/mol. The summed E-state index contributed by atoms with van der Waals surface area (Å²) in [4.78, 5) is 12.3. The second kappa shape index (κ2) is 5.50. The Bertz CT molecular complexity index is 621. The smallest absolute Gasteiger partial charge is 0.252 e. The van der Waals surface area contributed by atoms with Gasteiger partial charge in [0.25, 0.3) is 5.91 Å². The number of nitrogens with two attached hydrogens (primary N) is 1. The van der Waals surface area contributed by atoms with Crippen LogP contribution in [0.4, 0.5) is 4.39 Å². The van der Waals surface area contributed by atoms with Gasteiger partial charge in [0.05, 0.1) is 12.1 Å². The summed E-state index contributed by atoms with van der Waals surface area (Å²) in [5, 5.41) is 2.96. The van der Waals surface area contributed by atoms with Gasteiger partial charge in [0, 0.05) is 12.1 Å². The summed E-state index contributed by atoms with van der Waals surface area (Å²) in [6, 6.07) is 4.08. The number of benzene rings is 1. The molecule has 21 heavy (non-hydrogen) atoms. The van der Waals surface area contributed by atoms with E-state index in [9.17, 15) is 9.18 Å². The molecule has 0 heterocycles. The lowest BCUT2D eigenvalue weighted by Crippen LogP contribution is -2.31. The minimum atomic E-state index is -0.429. The van der Waals surface area contributed by atoms with Gasteiger partial charge in [0.1, 0.15) is 5.82 Å². The first-order valence-electron chi connectivity index (χ1n) is 7.41. The van der Waals surface area contributed by atoms with Crippen molar-refractivity contribution in [1.29, 1.82) is 0 Å². The average molecular weight is 286 g/mol. The topological polar surface area (TPSA) is 55.1 Å². The van der Waals surface area contributed by atoms with Gasteiger partial charge in [-0.1, -0.05) is 11.8 Å². The number of rotatable bonds is 4. The van der Waals surface area contributed by atoms with Crippen molar-refractivity contribution in [2.75, 3.05) is 13.1 Å². The Morgan fingerprint density at radius 2 is 2.19 bits per heavy atom. The molecule has 0 saturated heterocycles. The molecule has 1 aromatic carbocycles. The van der Waals surface area contributed by atoms with Crippen molar-refractivity contribution in [3.05, 3.63) is 35.1 Å². The summed E-state index contributed by atoms with van der Waals surface area (Å²) in [7, 11) is 0. The summed E-state index contributed by atoms with van der Waals surface area (Å²) in [6.07, 6.45) is 4.95. The predicted octanol–water partition coefficient (Wildman–Crippen LogP) is 2.06. The Kier molecular flexibility index (Phi) is 3.69. The molecule has 0 aliphatic heterocycles. The highest BCUT2D eigenvalue weighted by atomic mass is 19.1. The van der Waals surface area contributed by atoms with Gasteiger partial charge in [-0.15, -0.1) is 0 Å². The molecule has 3 N–H and O–H groups in total. The van der Waals surface area contributed by atoms with Gasteiger partial charge in [-0.05, 0) is 55.2 Å². The molecule has 3 rings (SSSR count). The standard InChI is InChI=1S/C17H19FN2O/c18-14-6-3-12(2-1-9-19)15(10-14)16(21)20-11-17(7-8-17)13-4-5-13/h3,6,10,13H,4-5,7-9,11,19H2,(H,20,21). The zero-order chi connectivity index (χ0) is 14.9. The number of nitrogens with one attached hydrogen (secondary N) is 1. The molecule has 2 saturated carbocycles. The molecule has 2 aliphatic carbocycles. The zero-order valence-corrected chi connectivity index (χ0v) is 11.9. The van der Waals surface area contributed by atoms with E-state index < -0.39 is 5.82 Å². The van der Waals surface area contributed by atoms with Crippen molar-refractivity contribution in [2.24, 2.45) is 17.1 Å². The van der Waals surface area contributed by atoms with Crippen molar-refractivity contribution in [1.82, 2.24) is 5.32 Å². The van der Waals surface area contributed by atoms with Crippen molar-refractivity contribution in [3.63, 3.8) is 0 Å². The Morgan fingerprint density at radius 1 is 1.43 bits per heavy atom. The van der Waals surface area contributed by atoms with Crippen LogP contribution in [0.15, 0.2) is 18.2 Å². The number of carbonyl (C=O) groups is 1. The van der Waals surface area contributed by atoms with Gasteiger partial charge in [0.2, 0.25) is 0 Å². The van der Waals surface area contributed by atoms with E-state index in [0.29, 0.717) is 23.1 Å². The molecular formula is C17H19FN2O. The molecule has 0 atom stereocenters. The zero-order valence-electron chi connectivity index (χ0n) is 11.9. The van der Waals surface area contributed by atoms with Crippen molar-refractivity contribution in [3.8, 4) is 11.8 Å². The molecule has 4 heteroatoms. The summed E-state index contributed by atoms with van der Waals surface area (Å²) in [5.74, 6) is 5.64. The van der Waals surface area contributed by atoms with E-state index >= 15 is 0 Å². The number of halogens is 1. The van der Waals surface area contributed by atoms with E-state index in [0.717, 1.165) is 5.92 Å². The molecule has 2 fully saturated rings. The lowest BCUT2D eigenvalue weighted by atomic mass is 10.00. The Morgan fingerprint density at radius 3 is 2.81 bits per heavy atom. The third-order valence-corrected chi connectivity index (χ3v) is 4.49.